The van der Waals surface area contributed by atoms with E-state index in [1.54, 1.807) is 4.90 Å². The summed E-state index contributed by atoms with van der Waals surface area (Å²) in [6.45, 7) is 7.34. The highest BCUT2D eigenvalue weighted by Gasteiger charge is 2.26. The van der Waals surface area contributed by atoms with E-state index in [1.165, 1.54) is 0 Å². The van der Waals surface area contributed by atoms with Crippen molar-refractivity contribution in [3.8, 4) is 0 Å². The van der Waals surface area contributed by atoms with Gasteiger partial charge >= 0.3 is 12.0 Å². The molecule has 5 heteroatoms. The van der Waals surface area contributed by atoms with E-state index in [0.717, 1.165) is 25.7 Å². The molecular formula is C14H26N2O3. The van der Waals surface area contributed by atoms with Crippen LogP contribution in [0.3, 0.4) is 0 Å². The van der Waals surface area contributed by atoms with Gasteiger partial charge in [-0.1, -0.05) is 0 Å². The predicted octanol–water partition coefficient (Wildman–Crippen LogP) is 2.32. The van der Waals surface area contributed by atoms with Gasteiger partial charge in [0.05, 0.1) is 5.92 Å². The molecule has 0 spiro atoms. The third-order valence-corrected chi connectivity index (χ3v) is 3.96. The maximum Gasteiger partial charge on any atom is 0.317 e. The number of hydrogen-bond donors (Lipinski definition) is 2. The molecule has 110 valence electrons. The highest BCUT2D eigenvalue weighted by atomic mass is 16.4. The third kappa shape index (κ3) is 4.73. The van der Waals surface area contributed by atoms with E-state index in [1.807, 2.05) is 20.8 Å². The van der Waals surface area contributed by atoms with Gasteiger partial charge in [-0.2, -0.15) is 0 Å². The number of carbonyl (C=O) groups is 2. The first-order valence-corrected chi connectivity index (χ1v) is 7.23. The van der Waals surface area contributed by atoms with E-state index in [2.05, 4.69) is 5.32 Å². The molecular weight excluding hydrogens is 244 g/mol. The number of nitrogens with one attached hydrogen (secondary N) is 1. The van der Waals surface area contributed by atoms with Crippen molar-refractivity contribution in [2.24, 2.45) is 11.8 Å². The minimum atomic E-state index is -0.681. The number of urea groups is 1. The summed E-state index contributed by atoms with van der Waals surface area (Å²) in [4.78, 5) is 24.6. The summed E-state index contributed by atoms with van der Waals surface area (Å²) in [5, 5.41) is 11.9. The van der Waals surface area contributed by atoms with Crippen molar-refractivity contribution >= 4 is 12.0 Å². The van der Waals surface area contributed by atoms with Crippen molar-refractivity contribution in [1.29, 1.82) is 0 Å². The van der Waals surface area contributed by atoms with Crippen LogP contribution >= 0.6 is 0 Å². The molecule has 0 aromatic rings. The van der Waals surface area contributed by atoms with Gasteiger partial charge in [-0.3, -0.25) is 4.79 Å². The van der Waals surface area contributed by atoms with Crippen LogP contribution in [-0.4, -0.2) is 41.1 Å². The average Bonchev–Trinajstić information content (AvgIpc) is 2.37. The summed E-state index contributed by atoms with van der Waals surface area (Å²) in [7, 11) is 0. The fourth-order valence-corrected chi connectivity index (χ4v) is 2.69. The van der Waals surface area contributed by atoms with E-state index < -0.39 is 5.97 Å². The Bertz CT molecular complexity index is 310. The molecule has 1 rings (SSSR count). The second-order valence-electron chi connectivity index (χ2n) is 5.62. The number of carboxylic acid groups (broad SMARTS) is 1. The Morgan fingerprint density at radius 3 is 2.26 bits per heavy atom. The number of amides is 2. The molecule has 1 saturated carbocycles. The van der Waals surface area contributed by atoms with Gasteiger partial charge in [0.1, 0.15) is 0 Å². The first kappa shape index (κ1) is 15.8. The smallest absolute Gasteiger partial charge is 0.317 e. The fourth-order valence-electron chi connectivity index (χ4n) is 2.69. The Balaban J connectivity index is 2.30. The summed E-state index contributed by atoms with van der Waals surface area (Å²) in [6, 6.07) is 0.186. The van der Waals surface area contributed by atoms with Crippen LogP contribution in [0.15, 0.2) is 0 Å². The van der Waals surface area contributed by atoms with Gasteiger partial charge in [0, 0.05) is 19.1 Å². The Labute approximate surface area is 115 Å². The lowest BCUT2D eigenvalue weighted by atomic mass is 9.82. The van der Waals surface area contributed by atoms with E-state index >= 15 is 0 Å². The van der Waals surface area contributed by atoms with Crippen molar-refractivity contribution in [2.45, 2.75) is 52.5 Å². The predicted molar refractivity (Wildman–Crippen MR) is 74.0 cm³/mol. The minimum Gasteiger partial charge on any atom is -0.481 e. The molecule has 0 unspecified atom stereocenters. The van der Waals surface area contributed by atoms with Gasteiger partial charge in [-0.05, 0) is 52.4 Å². The molecule has 2 N–H and O–H groups in total. The summed E-state index contributed by atoms with van der Waals surface area (Å²) in [5.74, 6) is -0.445. The molecule has 5 nitrogen and oxygen atoms in total. The molecule has 0 aromatic heterocycles. The summed E-state index contributed by atoms with van der Waals surface area (Å²) < 4.78 is 0. The van der Waals surface area contributed by atoms with Crippen LogP contribution in [0, 0.1) is 11.8 Å². The largest absolute Gasteiger partial charge is 0.481 e. The van der Waals surface area contributed by atoms with Gasteiger partial charge in [0.25, 0.3) is 0 Å². The van der Waals surface area contributed by atoms with Crippen molar-refractivity contribution in [1.82, 2.24) is 10.2 Å². The number of rotatable bonds is 5. The van der Waals surface area contributed by atoms with Gasteiger partial charge in [0.15, 0.2) is 0 Å². The van der Waals surface area contributed by atoms with Gasteiger partial charge < -0.3 is 15.3 Å². The van der Waals surface area contributed by atoms with Crippen LogP contribution < -0.4 is 5.32 Å². The Kier molecular flexibility index (Phi) is 6.12. The highest BCUT2D eigenvalue weighted by Crippen LogP contribution is 2.28. The fraction of sp³-hybridized carbons (Fsp3) is 0.857. The van der Waals surface area contributed by atoms with Crippen molar-refractivity contribution in [3.05, 3.63) is 0 Å². The molecule has 0 saturated heterocycles. The molecule has 0 aliphatic heterocycles. The monoisotopic (exact) mass is 270 g/mol. The average molecular weight is 270 g/mol. The van der Waals surface area contributed by atoms with Crippen LogP contribution in [0.2, 0.25) is 0 Å². The third-order valence-electron chi connectivity index (χ3n) is 3.96. The molecule has 2 amide bonds. The number of aliphatic carboxylic acids is 1. The molecule has 0 atom stereocenters. The normalized spacial score (nSPS) is 23.2. The summed E-state index contributed by atoms with van der Waals surface area (Å²) in [6.07, 6.45) is 3.26. The lowest BCUT2D eigenvalue weighted by Crippen LogP contribution is -2.45. The summed E-state index contributed by atoms with van der Waals surface area (Å²) in [5.41, 5.74) is 0. The Hall–Kier alpha value is -1.26. The number of carbonyl (C=O) groups excluding carboxylic acids is 1. The van der Waals surface area contributed by atoms with E-state index in [0.29, 0.717) is 19.0 Å². The number of carboxylic acids is 1. The highest BCUT2D eigenvalue weighted by molar-refractivity contribution is 5.74. The number of nitrogens with zero attached hydrogens (tertiary/aromatic N) is 1. The number of hydrogen-bond acceptors (Lipinski definition) is 2. The SMILES string of the molecule is CCN(C(=O)NCC1CCC(C(=O)O)CC1)C(C)C. The summed E-state index contributed by atoms with van der Waals surface area (Å²) >= 11 is 0. The van der Waals surface area contributed by atoms with Crippen LogP contribution in [0.1, 0.15) is 46.5 Å². The van der Waals surface area contributed by atoms with Crippen LogP contribution in [0.5, 0.6) is 0 Å². The van der Waals surface area contributed by atoms with Crippen molar-refractivity contribution < 1.29 is 14.7 Å². The lowest BCUT2D eigenvalue weighted by molar-refractivity contribution is -0.143. The zero-order chi connectivity index (χ0) is 14.4. The van der Waals surface area contributed by atoms with Crippen LogP contribution in [-0.2, 0) is 4.79 Å². The molecule has 1 aliphatic rings. The van der Waals surface area contributed by atoms with Crippen LogP contribution in [0.4, 0.5) is 4.79 Å². The molecule has 1 aliphatic carbocycles. The first-order chi connectivity index (χ1) is 8.95. The maximum absolute atomic E-state index is 12.0. The second-order valence-corrected chi connectivity index (χ2v) is 5.62. The van der Waals surface area contributed by atoms with E-state index in [9.17, 15) is 9.59 Å². The zero-order valence-electron chi connectivity index (χ0n) is 12.2. The van der Waals surface area contributed by atoms with Gasteiger partial charge in [-0.15, -0.1) is 0 Å². The molecule has 0 heterocycles. The van der Waals surface area contributed by atoms with Gasteiger partial charge in [-0.25, -0.2) is 4.79 Å². The van der Waals surface area contributed by atoms with Crippen molar-refractivity contribution in [3.63, 3.8) is 0 Å². The zero-order valence-corrected chi connectivity index (χ0v) is 12.2. The van der Waals surface area contributed by atoms with Crippen molar-refractivity contribution in [2.75, 3.05) is 13.1 Å². The van der Waals surface area contributed by atoms with E-state index in [4.69, 9.17) is 5.11 Å². The first-order valence-electron chi connectivity index (χ1n) is 7.23. The Morgan fingerprint density at radius 2 is 1.84 bits per heavy atom. The molecule has 0 bridgehead atoms. The quantitative estimate of drug-likeness (QED) is 0.805. The van der Waals surface area contributed by atoms with Crippen LogP contribution in [0.25, 0.3) is 0 Å². The maximum atomic E-state index is 12.0. The Morgan fingerprint density at radius 1 is 1.26 bits per heavy atom. The minimum absolute atomic E-state index is 0.0159. The topological polar surface area (TPSA) is 69.6 Å². The lowest BCUT2D eigenvalue weighted by Gasteiger charge is -2.29. The standard InChI is InChI=1S/C14H26N2O3/c1-4-16(10(2)3)14(19)15-9-11-5-7-12(8-6-11)13(17)18/h10-12H,4-9H2,1-3H3,(H,15,19)(H,17,18). The molecule has 0 radical (unpaired) electrons. The molecule has 1 fully saturated rings. The molecule has 0 aromatic carbocycles. The van der Waals surface area contributed by atoms with Gasteiger partial charge in [0.2, 0.25) is 0 Å². The molecule has 19 heavy (non-hydrogen) atoms. The second kappa shape index (κ2) is 7.36. The van der Waals surface area contributed by atoms with E-state index in [-0.39, 0.29) is 18.0 Å².